The van der Waals surface area contributed by atoms with Crippen LogP contribution in [0.4, 0.5) is 0 Å². The Morgan fingerprint density at radius 1 is 1.25 bits per heavy atom. The fourth-order valence-electron chi connectivity index (χ4n) is 3.53. The molecule has 0 spiro atoms. The van der Waals surface area contributed by atoms with E-state index in [1.807, 2.05) is 32.9 Å². The maximum atomic E-state index is 13.6. The summed E-state index contributed by atoms with van der Waals surface area (Å²) in [5.74, 6) is -1.02. The molecule has 0 saturated heterocycles. The van der Waals surface area contributed by atoms with Gasteiger partial charge in [-0.2, -0.15) is 9.57 Å². The van der Waals surface area contributed by atoms with Gasteiger partial charge in [-0.15, -0.1) is 11.3 Å². The minimum absolute atomic E-state index is 0.000411. The molecule has 9 nitrogen and oxygen atoms in total. The second kappa shape index (κ2) is 11.5. The van der Waals surface area contributed by atoms with Crippen LogP contribution in [0, 0.1) is 18.3 Å². The molecule has 11 heteroatoms. The standard InChI is InChI=1S/C25H27N3O6S2/c1-16(2)20-6-5-19(23(11-20)34-14-25(30)31)8-9-28(13-21-15-35-17(3)27-21)36(32,33)24-10-18(12-26)4-7-22(24)29/h4-7,10-11,15-16,29H,8-9,13-14H2,1-3H3,(H,30,31). The monoisotopic (exact) mass is 529 g/mol. The number of aromatic hydroxyl groups is 1. The number of hydrogen-bond donors (Lipinski definition) is 2. The zero-order valence-corrected chi connectivity index (χ0v) is 21.8. The molecule has 0 radical (unpaired) electrons. The van der Waals surface area contributed by atoms with Crippen molar-refractivity contribution < 1.29 is 28.2 Å². The number of thiazole rings is 1. The second-order valence-electron chi connectivity index (χ2n) is 8.45. The van der Waals surface area contributed by atoms with Crippen molar-refractivity contribution in [3.63, 3.8) is 0 Å². The first kappa shape index (κ1) is 27.1. The van der Waals surface area contributed by atoms with Crippen LogP contribution < -0.4 is 4.74 Å². The molecular weight excluding hydrogens is 502 g/mol. The largest absolute Gasteiger partial charge is 0.507 e. The molecule has 0 atom stereocenters. The van der Waals surface area contributed by atoms with Crippen molar-refractivity contribution in [3.05, 3.63) is 69.2 Å². The lowest BCUT2D eigenvalue weighted by Gasteiger charge is -2.23. The summed E-state index contributed by atoms with van der Waals surface area (Å²) in [7, 11) is -4.22. The number of nitrogens with zero attached hydrogens (tertiary/aromatic N) is 3. The van der Waals surface area contributed by atoms with Crippen LogP contribution in [0.15, 0.2) is 46.7 Å². The Kier molecular flexibility index (Phi) is 8.68. The van der Waals surface area contributed by atoms with Gasteiger partial charge in [0.15, 0.2) is 6.61 Å². The highest BCUT2D eigenvalue weighted by Crippen LogP contribution is 2.30. The molecule has 2 N–H and O–H groups in total. The van der Waals surface area contributed by atoms with Gasteiger partial charge in [-0.1, -0.05) is 26.0 Å². The summed E-state index contributed by atoms with van der Waals surface area (Å²) < 4.78 is 33.9. The molecule has 190 valence electrons. The quantitative estimate of drug-likeness (QED) is 0.379. The molecule has 3 rings (SSSR count). The first-order chi connectivity index (χ1) is 17.0. The van der Waals surface area contributed by atoms with Crippen molar-refractivity contribution in [2.24, 2.45) is 0 Å². The van der Waals surface area contributed by atoms with Gasteiger partial charge in [0.05, 0.1) is 28.9 Å². The van der Waals surface area contributed by atoms with Crippen molar-refractivity contribution in [2.75, 3.05) is 13.2 Å². The van der Waals surface area contributed by atoms with Gasteiger partial charge in [-0.05, 0) is 54.7 Å². The highest BCUT2D eigenvalue weighted by Gasteiger charge is 2.29. The molecular formula is C25H27N3O6S2. The topological polar surface area (TPSA) is 141 Å². The number of nitriles is 1. The highest BCUT2D eigenvalue weighted by atomic mass is 32.2. The number of ether oxygens (including phenoxy) is 1. The van der Waals surface area contributed by atoms with Gasteiger partial charge in [-0.25, -0.2) is 18.2 Å². The molecule has 0 aliphatic carbocycles. The number of sulfonamides is 1. The number of carboxylic acids is 1. The maximum absolute atomic E-state index is 13.6. The summed E-state index contributed by atoms with van der Waals surface area (Å²) in [5, 5.41) is 31.2. The van der Waals surface area contributed by atoms with Crippen LogP contribution in [-0.4, -0.2) is 47.0 Å². The average Bonchev–Trinajstić information content (AvgIpc) is 3.25. The fourth-order valence-corrected chi connectivity index (χ4v) is 5.65. The number of aromatic nitrogens is 1. The van der Waals surface area contributed by atoms with Gasteiger partial charge in [-0.3, -0.25) is 0 Å². The Morgan fingerprint density at radius 3 is 2.61 bits per heavy atom. The maximum Gasteiger partial charge on any atom is 0.341 e. The van der Waals surface area contributed by atoms with E-state index in [1.54, 1.807) is 17.5 Å². The van der Waals surface area contributed by atoms with Gasteiger partial charge in [0.1, 0.15) is 16.4 Å². The number of hydrogen-bond acceptors (Lipinski definition) is 8. The summed E-state index contributed by atoms with van der Waals surface area (Å²) in [6, 6.07) is 11.0. The zero-order chi connectivity index (χ0) is 26.5. The van der Waals surface area contributed by atoms with Crippen LogP contribution in [0.1, 0.15) is 47.2 Å². The number of benzene rings is 2. The van der Waals surface area contributed by atoms with Crippen LogP contribution in [0.3, 0.4) is 0 Å². The number of rotatable bonds is 11. The predicted molar refractivity (Wildman–Crippen MR) is 135 cm³/mol. The minimum Gasteiger partial charge on any atom is -0.507 e. The summed E-state index contributed by atoms with van der Waals surface area (Å²) >= 11 is 1.39. The van der Waals surface area contributed by atoms with Gasteiger partial charge in [0.25, 0.3) is 0 Å². The van der Waals surface area contributed by atoms with Crippen molar-refractivity contribution in [3.8, 4) is 17.6 Å². The van der Waals surface area contributed by atoms with Gasteiger partial charge >= 0.3 is 5.97 Å². The molecule has 0 amide bonds. The molecule has 0 bridgehead atoms. The molecule has 2 aromatic carbocycles. The van der Waals surface area contributed by atoms with E-state index in [4.69, 9.17) is 9.84 Å². The fraction of sp³-hybridized carbons (Fsp3) is 0.320. The molecule has 1 aromatic heterocycles. The van der Waals surface area contributed by atoms with E-state index in [0.717, 1.165) is 16.6 Å². The second-order valence-corrected chi connectivity index (χ2v) is 11.4. The molecule has 1 heterocycles. The summed E-state index contributed by atoms with van der Waals surface area (Å²) in [4.78, 5) is 15.1. The molecule has 0 fully saturated rings. The third kappa shape index (κ3) is 6.60. The van der Waals surface area contributed by atoms with E-state index in [2.05, 4.69) is 4.98 Å². The Hall–Kier alpha value is -3.46. The lowest BCUT2D eigenvalue weighted by molar-refractivity contribution is -0.139. The molecule has 36 heavy (non-hydrogen) atoms. The van der Waals surface area contributed by atoms with Crippen molar-refractivity contribution in [1.29, 1.82) is 5.26 Å². The number of carbonyl (C=O) groups is 1. The van der Waals surface area contributed by atoms with Crippen LogP contribution in [0.5, 0.6) is 11.5 Å². The normalized spacial score (nSPS) is 11.6. The lowest BCUT2D eigenvalue weighted by Crippen LogP contribution is -2.33. The zero-order valence-electron chi connectivity index (χ0n) is 20.1. The van der Waals surface area contributed by atoms with Crippen molar-refractivity contribution in [1.82, 2.24) is 9.29 Å². The highest BCUT2D eigenvalue weighted by molar-refractivity contribution is 7.89. The van der Waals surface area contributed by atoms with E-state index in [0.29, 0.717) is 17.0 Å². The molecule has 0 unspecified atom stereocenters. The Balaban J connectivity index is 1.97. The molecule has 3 aromatic rings. The van der Waals surface area contributed by atoms with E-state index in [9.17, 15) is 23.6 Å². The minimum atomic E-state index is -4.22. The van der Waals surface area contributed by atoms with Crippen LogP contribution in [-0.2, 0) is 27.8 Å². The first-order valence-corrected chi connectivity index (χ1v) is 13.4. The number of phenols is 1. The Bertz CT molecular complexity index is 1390. The predicted octanol–water partition coefficient (Wildman–Crippen LogP) is 4.05. The van der Waals surface area contributed by atoms with Crippen LogP contribution in [0.2, 0.25) is 0 Å². The Morgan fingerprint density at radius 2 is 2.00 bits per heavy atom. The molecule has 0 aliphatic heterocycles. The molecule has 0 aliphatic rings. The Labute approximate surface area is 214 Å². The van der Waals surface area contributed by atoms with E-state index >= 15 is 0 Å². The smallest absolute Gasteiger partial charge is 0.341 e. The van der Waals surface area contributed by atoms with Crippen LogP contribution >= 0.6 is 11.3 Å². The third-order valence-corrected chi connectivity index (χ3v) is 8.15. The number of aryl methyl sites for hydroxylation is 1. The first-order valence-electron chi connectivity index (χ1n) is 11.1. The van der Waals surface area contributed by atoms with E-state index in [1.165, 1.54) is 27.8 Å². The summed E-state index contributed by atoms with van der Waals surface area (Å²) in [5.41, 5.74) is 2.25. The number of carboxylic acid groups (broad SMARTS) is 1. The van der Waals surface area contributed by atoms with Gasteiger partial charge < -0.3 is 14.9 Å². The third-order valence-electron chi connectivity index (χ3n) is 5.45. The molecule has 0 saturated carbocycles. The van der Waals surface area contributed by atoms with Gasteiger partial charge in [0, 0.05) is 11.9 Å². The average molecular weight is 530 g/mol. The summed E-state index contributed by atoms with van der Waals surface area (Å²) in [6.07, 6.45) is 0.217. The van der Waals surface area contributed by atoms with Crippen molar-refractivity contribution in [2.45, 2.75) is 44.6 Å². The SMILES string of the molecule is Cc1nc(CN(CCc2ccc(C(C)C)cc2OCC(=O)O)S(=O)(=O)c2cc(C#N)ccc2O)cs1. The van der Waals surface area contributed by atoms with Gasteiger partial charge in [0.2, 0.25) is 10.0 Å². The summed E-state index contributed by atoms with van der Waals surface area (Å²) in [6.45, 7) is 5.25. The number of aliphatic carboxylic acids is 1. The van der Waals surface area contributed by atoms with E-state index in [-0.39, 0.29) is 35.9 Å². The lowest BCUT2D eigenvalue weighted by atomic mass is 10.00. The number of phenolic OH excluding ortho intramolecular Hbond substituents is 1. The van der Waals surface area contributed by atoms with Crippen molar-refractivity contribution >= 4 is 27.3 Å². The van der Waals surface area contributed by atoms with Crippen LogP contribution in [0.25, 0.3) is 0 Å². The van der Waals surface area contributed by atoms with E-state index < -0.39 is 28.3 Å².